The molecular weight excluding hydrogens is 550 g/mol. The molecule has 0 bridgehead atoms. The Hall–Kier alpha value is -1.69. The standard InChI is InChI=1S/C29H38BrNO3SSi/c1-23-12-18-28(19-13-23)35(32,33)31(20-8-10-24-14-16-26(30)17-15-24)22-25-9-7-11-27(21-25)34-36(5,6)29(2,3)4/h12-19,21,27H,7,9,11,20,22H2,1-6H3. The number of rotatable bonds is 7. The summed E-state index contributed by atoms with van der Waals surface area (Å²) < 4.78 is 36.4. The topological polar surface area (TPSA) is 46.6 Å². The van der Waals surface area contributed by atoms with Crippen molar-refractivity contribution in [2.24, 2.45) is 0 Å². The molecule has 0 N–H and O–H groups in total. The van der Waals surface area contributed by atoms with Gasteiger partial charge in [-0.15, -0.1) is 0 Å². The summed E-state index contributed by atoms with van der Waals surface area (Å²) in [7, 11) is -5.63. The normalized spacial score (nSPS) is 16.9. The van der Waals surface area contributed by atoms with E-state index in [9.17, 15) is 8.42 Å². The lowest BCUT2D eigenvalue weighted by Crippen LogP contribution is -2.44. The fraction of sp³-hybridized carbons (Fsp3) is 0.448. The number of hydrogen-bond acceptors (Lipinski definition) is 3. The van der Waals surface area contributed by atoms with Gasteiger partial charge in [0.2, 0.25) is 10.0 Å². The van der Waals surface area contributed by atoms with E-state index in [0.717, 1.165) is 40.4 Å². The van der Waals surface area contributed by atoms with Gasteiger partial charge in [0, 0.05) is 16.6 Å². The van der Waals surface area contributed by atoms with Crippen molar-refractivity contribution in [3.63, 3.8) is 0 Å². The zero-order chi connectivity index (χ0) is 26.6. The van der Waals surface area contributed by atoms with Gasteiger partial charge in [0.05, 0.1) is 17.5 Å². The van der Waals surface area contributed by atoms with Crippen LogP contribution in [0.3, 0.4) is 0 Å². The van der Waals surface area contributed by atoms with Crippen molar-refractivity contribution in [2.45, 2.75) is 76.1 Å². The Morgan fingerprint density at radius 2 is 1.72 bits per heavy atom. The molecule has 3 rings (SSSR count). The minimum absolute atomic E-state index is 0.0346. The highest BCUT2D eigenvalue weighted by Gasteiger charge is 2.39. The SMILES string of the molecule is Cc1ccc(S(=O)(=O)N(CC#Cc2ccc(Br)cc2)CC2=CC(O[Si](C)(C)C(C)(C)C)CCC2)cc1. The van der Waals surface area contributed by atoms with Crippen LogP contribution in [-0.4, -0.2) is 40.2 Å². The minimum atomic E-state index is -3.70. The lowest BCUT2D eigenvalue weighted by Gasteiger charge is -2.39. The molecule has 0 amide bonds. The molecule has 0 fully saturated rings. The molecule has 0 spiro atoms. The first-order valence-electron chi connectivity index (χ1n) is 12.5. The molecule has 0 saturated carbocycles. The molecule has 0 aliphatic heterocycles. The third-order valence-corrected chi connectivity index (χ3v) is 13.9. The molecule has 0 heterocycles. The van der Waals surface area contributed by atoms with Gasteiger partial charge in [-0.3, -0.25) is 0 Å². The van der Waals surface area contributed by atoms with Crippen molar-refractivity contribution < 1.29 is 12.8 Å². The molecule has 2 aromatic carbocycles. The Balaban J connectivity index is 1.87. The fourth-order valence-corrected chi connectivity index (χ4v) is 6.72. The lowest BCUT2D eigenvalue weighted by atomic mass is 9.97. The minimum Gasteiger partial charge on any atom is -0.411 e. The number of nitrogens with zero attached hydrogens (tertiary/aromatic N) is 1. The van der Waals surface area contributed by atoms with Gasteiger partial charge in [-0.25, -0.2) is 8.42 Å². The summed E-state index contributed by atoms with van der Waals surface area (Å²) in [6.45, 7) is 13.7. The van der Waals surface area contributed by atoms with Crippen molar-refractivity contribution in [3.05, 3.63) is 75.8 Å². The molecule has 1 aliphatic carbocycles. The summed E-state index contributed by atoms with van der Waals surface area (Å²) in [6, 6.07) is 14.7. The van der Waals surface area contributed by atoms with E-state index in [4.69, 9.17) is 4.43 Å². The molecule has 0 aromatic heterocycles. The van der Waals surface area contributed by atoms with Gasteiger partial charge in [-0.1, -0.05) is 77.9 Å². The Bertz CT molecular complexity index is 1230. The highest BCUT2D eigenvalue weighted by molar-refractivity contribution is 9.10. The van der Waals surface area contributed by atoms with Crippen LogP contribution in [0.2, 0.25) is 18.1 Å². The molecule has 1 aliphatic rings. The van der Waals surface area contributed by atoms with Gasteiger partial charge in [-0.2, -0.15) is 4.31 Å². The average Bonchev–Trinajstić information content (AvgIpc) is 2.79. The summed E-state index contributed by atoms with van der Waals surface area (Å²) in [5.74, 6) is 6.21. The average molecular weight is 589 g/mol. The number of hydrogen-bond donors (Lipinski definition) is 0. The van der Waals surface area contributed by atoms with Crippen LogP contribution < -0.4 is 0 Å². The van der Waals surface area contributed by atoms with E-state index in [1.807, 2.05) is 43.3 Å². The van der Waals surface area contributed by atoms with Crippen LogP contribution in [0.25, 0.3) is 0 Å². The number of halogens is 1. The predicted octanol–water partition coefficient (Wildman–Crippen LogP) is 7.30. The molecule has 0 saturated heterocycles. The van der Waals surface area contributed by atoms with Gasteiger partial charge >= 0.3 is 0 Å². The first-order chi connectivity index (χ1) is 16.8. The Morgan fingerprint density at radius 3 is 2.33 bits per heavy atom. The van der Waals surface area contributed by atoms with E-state index in [1.54, 1.807) is 12.1 Å². The molecule has 2 aromatic rings. The summed E-state index contributed by atoms with van der Waals surface area (Å²) >= 11 is 3.43. The molecule has 1 atom stereocenters. The maximum atomic E-state index is 13.6. The van der Waals surface area contributed by atoms with Crippen LogP contribution in [0, 0.1) is 18.8 Å². The smallest absolute Gasteiger partial charge is 0.244 e. The van der Waals surface area contributed by atoms with Crippen LogP contribution in [0.15, 0.2) is 69.5 Å². The van der Waals surface area contributed by atoms with Crippen molar-refractivity contribution in [1.82, 2.24) is 4.31 Å². The van der Waals surface area contributed by atoms with Crippen LogP contribution in [0.1, 0.15) is 51.2 Å². The highest BCUT2D eigenvalue weighted by Crippen LogP contribution is 2.39. The second-order valence-electron chi connectivity index (χ2n) is 11.0. The Morgan fingerprint density at radius 1 is 1.08 bits per heavy atom. The third-order valence-electron chi connectivity index (χ3n) is 7.03. The van der Waals surface area contributed by atoms with Crippen LogP contribution >= 0.6 is 15.9 Å². The zero-order valence-corrected chi connectivity index (χ0v) is 25.7. The quantitative estimate of drug-likeness (QED) is 0.194. The van der Waals surface area contributed by atoms with Gasteiger partial charge < -0.3 is 4.43 Å². The zero-order valence-electron chi connectivity index (χ0n) is 22.3. The van der Waals surface area contributed by atoms with E-state index in [0.29, 0.717) is 11.4 Å². The van der Waals surface area contributed by atoms with Crippen molar-refractivity contribution in [2.75, 3.05) is 13.1 Å². The fourth-order valence-electron chi connectivity index (χ4n) is 3.81. The molecule has 1 unspecified atom stereocenters. The van der Waals surface area contributed by atoms with Crippen LogP contribution in [0.4, 0.5) is 0 Å². The van der Waals surface area contributed by atoms with Gasteiger partial charge in [0.25, 0.3) is 0 Å². The van der Waals surface area contributed by atoms with E-state index in [2.05, 4.69) is 67.7 Å². The van der Waals surface area contributed by atoms with Gasteiger partial charge in [0.15, 0.2) is 8.32 Å². The number of aryl methyl sites for hydroxylation is 1. The molecule has 7 heteroatoms. The maximum absolute atomic E-state index is 13.6. The summed E-state index contributed by atoms with van der Waals surface area (Å²) in [5, 5.41) is 0.127. The Kier molecular flexibility index (Phi) is 9.45. The van der Waals surface area contributed by atoms with Crippen LogP contribution in [-0.2, 0) is 14.4 Å². The summed E-state index contributed by atoms with van der Waals surface area (Å²) in [4.78, 5) is 0.295. The molecule has 4 nitrogen and oxygen atoms in total. The number of sulfonamides is 1. The van der Waals surface area contributed by atoms with E-state index < -0.39 is 18.3 Å². The maximum Gasteiger partial charge on any atom is 0.244 e. The second kappa shape index (κ2) is 11.8. The molecule has 0 radical (unpaired) electrons. The predicted molar refractivity (Wildman–Crippen MR) is 155 cm³/mol. The van der Waals surface area contributed by atoms with Gasteiger partial charge in [-0.05, 0) is 80.7 Å². The van der Waals surface area contributed by atoms with Crippen LogP contribution in [0.5, 0.6) is 0 Å². The monoisotopic (exact) mass is 587 g/mol. The lowest BCUT2D eigenvalue weighted by molar-refractivity contribution is 0.204. The third kappa shape index (κ3) is 7.66. The summed E-state index contributed by atoms with van der Waals surface area (Å²) in [5.41, 5.74) is 2.98. The first-order valence-corrected chi connectivity index (χ1v) is 17.6. The molecule has 194 valence electrons. The van der Waals surface area contributed by atoms with E-state index in [1.165, 1.54) is 4.31 Å². The Labute approximate surface area is 227 Å². The molecular formula is C29H38BrNO3SSi. The van der Waals surface area contributed by atoms with E-state index >= 15 is 0 Å². The number of benzene rings is 2. The largest absolute Gasteiger partial charge is 0.411 e. The first kappa shape index (κ1) is 28.9. The second-order valence-corrected chi connectivity index (χ2v) is 18.6. The van der Waals surface area contributed by atoms with E-state index in [-0.39, 0.29) is 17.7 Å². The summed E-state index contributed by atoms with van der Waals surface area (Å²) in [6.07, 6.45) is 5.05. The van der Waals surface area contributed by atoms with Crippen molar-refractivity contribution in [1.29, 1.82) is 0 Å². The van der Waals surface area contributed by atoms with Crippen molar-refractivity contribution >= 4 is 34.3 Å². The molecule has 36 heavy (non-hydrogen) atoms. The van der Waals surface area contributed by atoms with Crippen molar-refractivity contribution in [3.8, 4) is 11.8 Å². The highest BCUT2D eigenvalue weighted by atomic mass is 79.9. The van der Waals surface area contributed by atoms with Gasteiger partial charge in [0.1, 0.15) is 0 Å².